The highest BCUT2D eigenvalue weighted by molar-refractivity contribution is 5.77. The Morgan fingerprint density at radius 1 is 0.679 bits per heavy atom. The Labute approximate surface area is 324 Å². The molecule has 18 heteroatoms. The smallest absolute Gasteiger partial charge is 0.314 e. The number of esters is 1. The molecule has 21 atom stereocenters. The van der Waals surface area contributed by atoms with E-state index >= 15 is 0 Å². The Hall–Kier alpha value is -1.43. The largest absolute Gasteiger partial charge is 0.432 e. The van der Waals surface area contributed by atoms with Gasteiger partial charge < -0.3 is 84.6 Å². The van der Waals surface area contributed by atoms with Crippen LogP contribution in [0.5, 0.6) is 0 Å². The Morgan fingerprint density at radius 2 is 1.21 bits per heavy atom. The normalized spacial score (nSPS) is 54.6. The second kappa shape index (κ2) is 15.6. The number of hydrogen-bond donors (Lipinski definition) is 11. The van der Waals surface area contributed by atoms with E-state index in [1.165, 1.54) is 0 Å². The molecule has 0 aromatic rings. The highest BCUT2D eigenvalue weighted by atomic mass is 16.8. The minimum atomic E-state index is -1.81. The van der Waals surface area contributed by atoms with Gasteiger partial charge in [0.1, 0.15) is 73.2 Å². The van der Waals surface area contributed by atoms with Gasteiger partial charge in [0.2, 0.25) is 6.29 Å². The van der Waals surface area contributed by atoms with E-state index in [-0.39, 0.29) is 22.7 Å². The van der Waals surface area contributed by atoms with Crippen molar-refractivity contribution in [2.75, 3.05) is 19.8 Å². The number of carbonyl (C=O) groups is 1. The summed E-state index contributed by atoms with van der Waals surface area (Å²) < 4.78 is 35.6. The van der Waals surface area contributed by atoms with Crippen molar-refractivity contribution in [3.05, 3.63) is 12.2 Å². The summed E-state index contributed by atoms with van der Waals surface area (Å²) in [6.07, 6.45) is -17.8. The topological polar surface area (TPSA) is 295 Å². The van der Waals surface area contributed by atoms with Crippen molar-refractivity contribution in [3.63, 3.8) is 0 Å². The molecule has 3 aliphatic heterocycles. The lowest BCUT2D eigenvalue weighted by Gasteiger charge is -2.64. The second-order valence-corrected chi connectivity index (χ2v) is 18.0. The molecule has 18 nitrogen and oxygen atoms in total. The third-order valence-corrected chi connectivity index (χ3v) is 15.0. The zero-order chi connectivity index (χ0) is 40.7. The summed E-state index contributed by atoms with van der Waals surface area (Å²) in [6.45, 7) is 6.52. The fourth-order valence-electron chi connectivity index (χ4n) is 12.0. The summed E-state index contributed by atoms with van der Waals surface area (Å²) in [4.78, 5) is 14.1. The fourth-order valence-corrected chi connectivity index (χ4v) is 12.0. The summed E-state index contributed by atoms with van der Waals surface area (Å²) >= 11 is 0. The summed E-state index contributed by atoms with van der Waals surface area (Å²) in [6, 6.07) is 0. The monoisotopic (exact) mass is 804 g/mol. The lowest BCUT2D eigenvalue weighted by atomic mass is 9.41. The average Bonchev–Trinajstić information content (AvgIpc) is 3.37. The number of aliphatic hydroxyl groups excluding tert-OH is 11. The molecule has 2 bridgehead atoms. The number of ether oxygens (including phenoxy) is 6. The number of hydrogen-bond acceptors (Lipinski definition) is 18. The van der Waals surface area contributed by atoms with Crippen molar-refractivity contribution in [2.24, 2.45) is 28.1 Å². The van der Waals surface area contributed by atoms with Crippen molar-refractivity contribution >= 4 is 5.97 Å². The summed E-state index contributed by atoms with van der Waals surface area (Å²) in [5.41, 5.74) is -1.80. The van der Waals surface area contributed by atoms with Crippen LogP contribution < -0.4 is 0 Å². The van der Waals surface area contributed by atoms with Gasteiger partial charge in [0.05, 0.1) is 30.8 Å². The Bertz CT molecular complexity index is 1450. The maximum absolute atomic E-state index is 14.1. The van der Waals surface area contributed by atoms with Gasteiger partial charge in [-0.3, -0.25) is 4.79 Å². The molecule has 0 aromatic carbocycles. The van der Waals surface area contributed by atoms with Crippen molar-refractivity contribution < 1.29 is 89.4 Å². The molecule has 0 amide bonds. The van der Waals surface area contributed by atoms with E-state index in [9.17, 15) is 61.0 Å². The van der Waals surface area contributed by atoms with Crippen molar-refractivity contribution in [2.45, 2.75) is 169 Å². The quantitative estimate of drug-likeness (QED) is 0.0631. The van der Waals surface area contributed by atoms with Crippen molar-refractivity contribution in [1.29, 1.82) is 0 Å². The van der Waals surface area contributed by atoms with Gasteiger partial charge in [-0.15, -0.1) is 0 Å². The minimum absolute atomic E-state index is 0.121. The minimum Gasteiger partial charge on any atom is -0.432 e. The van der Waals surface area contributed by atoms with Gasteiger partial charge in [-0.1, -0.05) is 19.9 Å². The Kier molecular flexibility index (Phi) is 11.9. The number of rotatable bonds is 9. The zero-order valence-electron chi connectivity index (χ0n) is 31.8. The van der Waals surface area contributed by atoms with Crippen LogP contribution in [0.3, 0.4) is 0 Å². The van der Waals surface area contributed by atoms with Gasteiger partial charge >= 0.3 is 5.97 Å². The first-order valence-electron chi connectivity index (χ1n) is 19.9. The van der Waals surface area contributed by atoms with Gasteiger partial charge in [-0.25, -0.2) is 0 Å². The van der Waals surface area contributed by atoms with E-state index in [0.29, 0.717) is 44.9 Å². The van der Waals surface area contributed by atoms with Gasteiger partial charge in [0, 0.05) is 0 Å². The molecular weight excluding hydrogens is 744 g/mol. The molecule has 3 heterocycles. The maximum Gasteiger partial charge on any atom is 0.314 e. The van der Waals surface area contributed by atoms with Crippen LogP contribution in [0.1, 0.15) is 71.6 Å². The van der Waals surface area contributed by atoms with Gasteiger partial charge in [-0.2, -0.15) is 0 Å². The maximum atomic E-state index is 14.1. The third-order valence-electron chi connectivity index (χ3n) is 15.0. The SMILES string of the molecule is C=C1C[C@@]23CC[C@H]4[C@@](C)(CCC[C@@]4(C)C(=O)O[C@@H]4O[C@@H](CO)[C@@H](O)[C@H](O)[C@@H]4O)[C@@H]2CC[C@]1(O[C@@H]1O[C@@H](CO)[C@@H](O)[C@H](O)[C@@H]1O[C@@H]1O[C@@H](CO)[C@@H](O)[C@H](O)[C@@H]1O)C3. The lowest BCUT2D eigenvalue weighted by Crippen LogP contribution is -2.65. The van der Waals surface area contributed by atoms with Gasteiger partial charge in [0.15, 0.2) is 12.6 Å². The molecule has 11 N–H and O–H groups in total. The first-order chi connectivity index (χ1) is 26.4. The van der Waals surface area contributed by atoms with E-state index in [1.807, 2.05) is 6.92 Å². The Morgan fingerprint density at radius 3 is 1.82 bits per heavy atom. The average molecular weight is 805 g/mol. The first kappa shape index (κ1) is 42.7. The number of carbonyl (C=O) groups excluding carboxylic acids is 1. The third kappa shape index (κ3) is 6.69. The van der Waals surface area contributed by atoms with Crippen LogP contribution in [-0.4, -0.2) is 180 Å². The first-order valence-corrected chi connectivity index (χ1v) is 19.9. The zero-order valence-corrected chi connectivity index (χ0v) is 31.8. The van der Waals surface area contributed by atoms with Crippen LogP contribution >= 0.6 is 0 Å². The van der Waals surface area contributed by atoms with Crippen LogP contribution in [0, 0.1) is 28.1 Å². The molecule has 7 fully saturated rings. The molecule has 0 unspecified atom stereocenters. The molecule has 56 heavy (non-hydrogen) atoms. The predicted molar refractivity (Wildman–Crippen MR) is 186 cm³/mol. The van der Waals surface area contributed by atoms with E-state index in [1.54, 1.807) is 0 Å². The highest BCUT2D eigenvalue weighted by Gasteiger charge is 2.69. The molecular formula is C38H60O18. The van der Waals surface area contributed by atoms with Crippen LogP contribution in [0.4, 0.5) is 0 Å². The molecule has 320 valence electrons. The number of fused-ring (bicyclic) bond motifs is 3. The van der Waals surface area contributed by atoms with E-state index in [2.05, 4.69) is 13.5 Å². The summed E-state index contributed by atoms with van der Waals surface area (Å²) in [5, 5.41) is 114. The van der Waals surface area contributed by atoms with E-state index < -0.39 is 129 Å². The van der Waals surface area contributed by atoms with Crippen LogP contribution in [0.25, 0.3) is 0 Å². The standard InChI is InChI=1S/C38H60O18/c1-16-11-37-9-5-20-35(2,7-4-8-36(20,3)34(50)55-32-29(49)26(46)23(43)18(13-40)52-32)21(37)6-10-38(16,15-37)56-33-30(27(47)24(44)19(14-41)53-33)54-31-28(48)25(45)22(42)17(12-39)51-31/h17-33,39-49H,1,4-15H2,2-3H3/t17-,18-,19-,20-,21-,22+,23+,24+,25-,26-,27-,28-,29-,30-,31-,32-,33-,35+,36+,37+,38-/m0/s1. The lowest BCUT2D eigenvalue weighted by molar-refractivity contribution is -0.378. The highest BCUT2D eigenvalue weighted by Crippen LogP contribution is 2.73. The molecule has 4 saturated carbocycles. The molecule has 1 spiro atoms. The van der Waals surface area contributed by atoms with Crippen LogP contribution in [0.15, 0.2) is 12.2 Å². The van der Waals surface area contributed by atoms with Crippen LogP contribution in [0.2, 0.25) is 0 Å². The Balaban J connectivity index is 1.10. The molecule has 0 aromatic heterocycles. The van der Waals surface area contributed by atoms with Crippen molar-refractivity contribution in [1.82, 2.24) is 0 Å². The summed E-state index contributed by atoms with van der Waals surface area (Å²) in [7, 11) is 0. The molecule has 7 rings (SSSR count). The van der Waals surface area contributed by atoms with E-state index in [4.69, 9.17) is 28.4 Å². The number of aliphatic hydroxyl groups is 11. The fraction of sp³-hybridized carbons (Fsp3) is 0.921. The molecule has 4 aliphatic carbocycles. The predicted octanol–water partition coefficient (Wildman–Crippen LogP) is -2.94. The van der Waals surface area contributed by atoms with E-state index in [0.717, 1.165) is 18.4 Å². The van der Waals surface area contributed by atoms with Crippen LogP contribution in [-0.2, 0) is 33.2 Å². The molecule has 3 saturated heterocycles. The van der Waals surface area contributed by atoms with Crippen molar-refractivity contribution in [3.8, 4) is 0 Å². The molecule has 7 aliphatic rings. The molecule has 0 radical (unpaired) electrons. The second-order valence-electron chi connectivity index (χ2n) is 18.0. The van der Waals surface area contributed by atoms with Gasteiger partial charge in [-0.05, 0) is 86.5 Å². The van der Waals surface area contributed by atoms with Gasteiger partial charge in [0.25, 0.3) is 0 Å². The summed E-state index contributed by atoms with van der Waals surface area (Å²) in [5.74, 6) is -0.591.